The molecule has 74 valence electrons. The van der Waals surface area contributed by atoms with Crippen LogP contribution < -0.4 is 5.73 Å². The van der Waals surface area contributed by atoms with Gasteiger partial charge in [0, 0.05) is 13.5 Å². The molecule has 0 radical (unpaired) electrons. The molecule has 1 aromatic rings. The maximum absolute atomic E-state index is 5.50. The highest BCUT2D eigenvalue weighted by Gasteiger charge is 2.05. The number of hydrogen-bond donors (Lipinski definition) is 1. The van der Waals surface area contributed by atoms with Crippen LogP contribution in [0.25, 0.3) is 0 Å². The van der Waals surface area contributed by atoms with Gasteiger partial charge in [0.25, 0.3) is 0 Å². The first kappa shape index (κ1) is 10.2. The largest absolute Gasteiger partial charge is 0.324 e. The van der Waals surface area contributed by atoms with E-state index in [-0.39, 0.29) is 0 Å². The van der Waals surface area contributed by atoms with Gasteiger partial charge in [-0.05, 0) is 6.42 Å². The van der Waals surface area contributed by atoms with Gasteiger partial charge in [0.05, 0.1) is 6.54 Å². The van der Waals surface area contributed by atoms with Crippen molar-refractivity contribution in [3.05, 3.63) is 11.6 Å². The van der Waals surface area contributed by atoms with E-state index in [1.165, 1.54) is 19.3 Å². The topological polar surface area (TPSA) is 56.7 Å². The summed E-state index contributed by atoms with van der Waals surface area (Å²) >= 11 is 0. The van der Waals surface area contributed by atoms with Crippen molar-refractivity contribution in [2.75, 3.05) is 0 Å². The summed E-state index contributed by atoms with van der Waals surface area (Å²) in [6.07, 6.45) is 4.69. The van der Waals surface area contributed by atoms with E-state index in [0.717, 1.165) is 18.1 Å². The van der Waals surface area contributed by atoms with Crippen molar-refractivity contribution in [2.45, 2.75) is 39.2 Å². The second kappa shape index (κ2) is 4.97. The normalized spacial score (nSPS) is 10.7. The van der Waals surface area contributed by atoms with Gasteiger partial charge in [-0.1, -0.05) is 19.8 Å². The molecule has 1 aromatic heterocycles. The summed E-state index contributed by atoms with van der Waals surface area (Å²) in [4.78, 5) is 0. The fraction of sp³-hybridized carbons (Fsp3) is 0.778. The zero-order valence-corrected chi connectivity index (χ0v) is 8.45. The highest BCUT2D eigenvalue weighted by atomic mass is 15.3. The smallest absolute Gasteiger partial charge is 0.146 e. The third-order valence-corrected chi connectivity index (χ3v) is 2.24. The Bertz CT molecular complexity index is 254. The first-order valence-electron chi connectivity index (χ1n) is 4.86. The molecule has 1 heterocycles. The summed E-state index contributed by atoms with van der Waals surface area (Å²) < 4.78 is 2.00. The molecule has 2 N–H and O–H groups in total. The average molecular weight is 182 g/mol. The quantitative estimate of drug-likeness (QED) is 0.691. The number of aryl methyl sites for hydroxylation is 1. The molecule has 1 rings (SSSR count). The van der Waals surface area contributed by atoms with Crippen LogP contribution >= 0.6 is 0 Å². The minimum atomic E-state index is 0.470. The number of nitrogens with zero attached hydrogens (tertiary/aromatic N) is 3. The SMILES string of the molecule is CCCCCc1nnc(CN)n1C. The molecule has 4 nitrogen and oxygen atoms in total. The van der Waals surface area contributed by atoms with Gasteiger partial charge in [-0.3, -0.25) is 0 Å². The van der Waals surface area contributed by atoms with E-state index in [1.54, 1.807) is 0 Å². The van der Waals surface area contributed by atoms with Crippen LogP contribution in [0, 0.1) is 0 Å². The van der Waals surface area contributed by atoms with Crippen molar-refractivity contribution < 1.29 is 0 Å². The molecule has 0 spiro atoms. The zero-order valence-electron chi connectivity index (χ0n) is 8.45. The molecule has 4 heteroatoms. The fourth-order valence-corrected chi connectivity index (χ4v) is 1.33. The van der Waals surface area contributed by atoms with Crippen LogP contribution in [0.15, 0.2) is 0 Å². The van der Waals surface area contributed by atoms with E-state index < -0.39 is 0 Å². The van der Waals surface area contributed by atoms with Crippen LogP contribution in [0.2, 0.25) is 0 Å². The van der Waals surface area contributed by atoms with Crippen LogP contribution in [0.5, 0.6) is 0 Å². The summed E-state index contributed by atoms with van der Waals surface area (Å²) in [5, 5.41) is 8.09. The minimum absolute atomic E-state index is 0.470. The Hall–Kier alpha value is -0.900. The Balaban J connectivity index is 2.51. The van der Waals surface area contributed by atoms with Crippen LogP contribution in [0.3, 0.4) is 0 Å². The molecular formula is C9H18N4. The summed E-state index contributed by atoms with van der Waals surface area (Å²) in [7, 11) is 1.98. The molecule has 0 bridgehead atoms. The zero-order chi connectivity index (χ0) is 9.68. The van der Waals surface area contributed by atoms with Crippen molar-refractivity contribution in [2.24, 2.45) is 12.8 Å². The molecule has 0 aliphatic heterocycles. The minimum Gasteiger partial charge on any atom is -0.324 e. The third-order valence-electron chi connectivity index (χ3n) is 2.24. The number of hydrogen-bond acceptors (Lipinski definition) is 3. The molecule has 0 fully saturated rings. The van der Waals surface area contributed by atoms with E-state index in [1.807, 2.05) is 11.6 Å². The van der Waals surface area contributed by atoms with Gasteiger partial charge in [0.1, 0.15) is 11.6 Å². The van der Waals surface area contributed by atoms with Gasteiger partial charge in [-0.2, -0.15) is 0 Å². The number of unbranched alkanes of at least 4 members (excludes halogenated alkanes) is 2. The summed E-state index contributed by atoms with van der Waals surface area (Å²) in [5.74, 6) is 1.92. The monoisotopic (exact) mass is 182 g/mol. The molecule has 0 saturated carbocycles. The molecule has 0 unspecified atom stereocenters. The second-order valence-corrected chi connectivity index (χ2v) is 3.25. The lowest BCUT2D eigenvalue weighted by molar-refractivity contribution is 0.662. The highest BCUT2D eigenvalue weighted by Crippen LogP contribution is 2.04. The third kappa shape index (κ3) is 2.52. The van der Waals surface area contributed by atoms with E-state index >= 15 is 0 Å². The van der Waals surface area contributed by atoms with E-state index in [4.69, 9.17) is 5.73 Å². The maximum atomic E-state index is 5.50. The Morgan fingerprint density at radius 1 is 1.23 bits per heavy atom. The fourth-order valence-electron chi connectivity index (χ4n) is 1.33. The molecule has 0 saturated heterocycles. The Labute approximate surface area is 79.2 Å². The Morgan fingerprint density at radius 3 is 2.46 bits per heavy atom. The first-order valence-corrected chi connectivity index (χ1v) is 4.86. The maximum Gasteiger partial charge on any atom is 0.146 e. The van der Waals surface area contributed by atoms with E-state index in [2.05, 4.69) is 17.1 Å². The van der Waals surface area contributed by atoms with Crippen molar-refractivity contribution in [1.82, 2.24) is 14.8 Å². The molecular weight excluding hydrogens is 164 g/mol. The lowest BCUT2D eigenvalue weighted by Gasteiger charge is -2.01. The number of aromatic nitrogens is 3. The number of nitrogens with two attached hydrogens (primary N) is 1. The number of rotatable bonds is 5. The Kier molecular flexibility index (Phi) is 3.89. The van der Waals surface area contributed by atoms with Gasteiger partial charge in [-0.25, -0.2) is 0 Å². The van der Waals surface area contributed by atoms with Crippen LogP contribution in [-0.2, 0) is 20.0 Å². The van der Waals surface area contributed by atoms with Gasteiger partial charge in [0.15, 0.2) is 0 Å². The van der Waals surface area contributed by atoms with Crippen LogP contribution in [-0.4, -0.2) is 14.8 Å². The van der Waals surface area contributed by atoms with Crippen molar-refractivity contribution in [3.63, 3.8) is 0 Å². The summed E-state index contributed by atoms with van der Waals surface area (Å²) in [5.41, 5.74) is 5.50. The van der Waals surface area contributed by atoms with Crippen molar-refractivity contribution in [1.29, 1.82) is 0 Å². The average Bonchev–Trinajstić information content (AvgIpc) is 2.48. The first-order chi connectivity index (χ1) is 6.29. The molecule has 0 atom stereocenters. The van der Waals surface area contributed by atoms with E-state index in [9.17, 15) is 0 Å². The molecule has 0 amide bonds. The van der Waals surface area contributed by atoms with E-state index in [0.29, 0.717) is 6.54 Å². The molecule has 13 heavy (non-hydrogen) atoms. The summed E-state index contributed by atoms with van der Waals surface area (Å²) in [6.45, 7) is 2.67. The Morgan fingerprint density at radius 2 is 1.92 bits per heavy atom. The lowest BCUT2D eigenvalue weighted by Crippen LogP contribution is -2.07. The molecule has 0 aliphatic rings. The van der Waals surface area contributed by atoms with Crippen LogP contribution in [0.4, 0.5) is 0 Å². The van der Waals surface area contributed by atoms with Gasteiger partial charge < -0.3 is 10.3 Å². The van der Waals surface area contributed by atoms with Gasteiger partial charge >= 0.3 is 0 Å². The van der Waals surface area contributed by atoms with Crippen molar-refractivity contribution in [3.8, 4) is 0 Å². The lowest BCUT2D eigenvalue weighted by atomic mass is 10.2. The van der Waals surface area contributed by atoms with Crippen LogP contribution in [0.1, 0.15) is 37.8 Å². The predicted octanol–water partition coefficient (Wildman–Crippen LogP) is 1.01. The highest BCUT2D eigenvalue weighted by molar-refractivity contribution is 4.94. The predicted molar refractivity (Wildman–Crippen MR) is 52.1 cm³/mol. The molecule has 0 aliphatic carbocycles. The second-order valence-electron chi connectivity index (χ2n) is 3.25. The summed E-state index contributed by atoms with van der Waals surface area (Å²) in [6, 6.07) is 0. The molecule has 0 aromatic carbocycles. The van der Waals surface area contributed by atoms with Gasteiger partial charge in [0.2, 0.25) is 0 Å². The standard InChI is InChI=1S/C9H18N4/c1-3-4-5-6-8-11-12-9(7-10)13(8)2/h3-7,10H2,1-2H3. The van der Waals surface area contributed by atoms with Crippen molar-refractivity contribution >= 4 is 0 Å². The van der Waals surface area contributed by atoms with Gasteiger partial charge in [-0.15, -0.1) is 10.2 Å².